The van der Waals surface area contributed by atoms with Crippen LogP contribution in [-0.2, 0) is 5.41 Å². The predicted octanol–water partition coefficient (Wildman–Crippen LogP) is 1.72. The fourth-order valence-electron chi connectivity index (χ4n) is 2.06. The van der Waals surface area contributed by atoms with Gasteiger partial charge in [-0.1, -0.05) is 25.9 Å². The Morgan fingerprint density at radius 3 is 2.67 bits per heavy atom. The molecule has 1 unspecified atom stereocenters. The molecule has 2 rings (SSSR count). The first-order chi connectivity index (χ1) is 8.54. The quantitative estimate of drug-likeness (QED) is 0.884. The summed E-state index contributed by atoms with van der Waals surface area (Å²) in [5.41, 5.74) is -0.0333. The number of hydrogen-bond donors (Lipinski definition) is 1. The van der Waals surface area contributed by atoms with E-state index in [4.69, 9.17) is 4.52 Å². The van der Waals surface area contributed by atoms with Gasteiger partial charge in [-0.15, -0.1) is 0 Å². The van der Waals surface area contributed by atoms with Crippen LogP contribution in [0.25, 0.3) is 0 Å². The van der Waals surface area contributed by atoms with Gasteiger partial charge in [-0.2, -0.15) is 4.98 Å². The predicted molar refractivity (Wildman–Crippen MR) is 70.5 cm³/mol. The number of piperazine rings is 1. The van der Waals surface area contributed by atoms with E-state index in [1.165, 1.54) is 0 Å². The van der Waals surface area contributed by atoms with Gasteiger partial charge in [0.05, 0.1) is 6.04 Å². The fraction of sp³-hybridized carbons (Fsp3) is 0.846. The first-order valence-electron chi connectivity index (χ1n) is 6.83. The second-order valence-electron chi connectivity index (χ2n) is 5.66. The maximum Gasteiger partial charge on any atom is 0.232 e. The number of nitrogens with one attached hydrogen (secondary N) is 1. The van der Waals surface area contributed by atoms with Crippen molar-refractivity contribution in [2.45, 2.75) is 45.6 Å². The van der Waals surface area contributed by atoms with Gasteiger partial charge in [0.2, 0.25) is 5.89 Å². The molecule has 5 heteroatoms. The minimum atomic E-state index is -0.0333. The van der Waals surface area contributed by atoms with Crippen LogP contribution >= 0.6 is 0 Å². The lowest BCUT2D eigenvalue weighted by Gasteiger charge is -2.30. The minimum Gasteiger partial charge on any atom is -0.339 e. The van der Waals surface area contributed by atoms with Crippen molar-refractivity contribution >= 4 is 0 Å². The third-order valence-corrected chi connectivity index (χ3v) is 3.98. The van der Waals surface area contributed by atoms with Crippen LogP contribution in [0.2, 0.25) is 0 Å². The molecule has 18 heavy (non-hydrogen) atoms. The summed E-state index contributed by atoms with van der Waals surface area (Å²) in [5.74, 6) is 1.57. The highest BCUT2D eigenvalue weighted by atomic mass is 16.5. The first-order valence-corrected chi connectivity index (χ1v) is 6.83. The standard InChI is InChI=1S/C13H24N4O/c1-5-13(3,4)12-15-11(16-18-12)10(2)17-8-6-14-7-9-17/h10,14H,5-9H2,1-4H3. The largest absolute Gasteiger partial charge is 0.339 e. The molecule has 1 aromatic rings. The topological polar surface area (TPSA) is 54.2 Å². The zero-order valence-corrected chi connectivity index (χ0v) is 11.9. The third-order valence-electron chi connectivity index (χ3n) is 3.98. The maximum absolute atomic E-state index is 5.43. The smallest absolute Gasteiger partial charge is 0.232 e. The molecule has 5 nitrogen and oxygen atoms in total. The molecule has 0 bridgehead atoms. The molecule has 1 aliphatic rings. The van der Waals surface area contributed by atoms with Gasteiger partial charge in [0, 0.05) is 31.6 Å². The van der Waals surface area contributed by atoms with Crippen molar-refractivity contribution in [3.8, 4) is 0 Å². The Labute approximate surface area is 109 Å². The van der Waals surface area contributed by atoms with Crippen molar-refractivity contribution in [1.82, 2.24) is 20.4 Å². The van der Waals surface area contributed by atoms with Gasteiger partial charge in [-0.05, 0) is 13.3 Å². The van der Waals surface area contributed by atoms with Crippen LogP contribution in [0.4, 0.5) is 0 Å². The Hall–Kier alpha value is -0.940. The van der Waals surface area contributed by atoms with Gasteiger partial charge in [0.25, 0.3) is 0 Å². The molecular weight excluding hydrogens is 228 g/mol. The van der Waals surface area contributed by atoms with E-state index in [9.17, 15) is 0 Å². The van der Waals surface area contributed by atoms with Crippen molar-refractivity contribution < 1.29 is 4.52 Å². The average Bonchev–Trinajstić information content (AvgIpc) is 2.89. The Kier molecular flexibility index (Phi) is 4.02. The number of rotatable bonds is 4. The van der Waals surface area contributed by atoms with Crippen molar-refractivity contribution in [1.29, 1.82) is 0 Å². The molecule has 0 saturated carbocycles. The van der Waals surface area contributed by atoms with Crippen LogP contribution < -0.4 is 5.32 Å². The van der Waals surface area contributed by atoms with E-state index >= 15 is 0 Å². The molecule has 1 atom stereocenters. The second-order valence-corrected chi connectivity index (χ2v) is 5.66. The molecule has 2 heterocycles. The number of aromatic nitrogens is 2. The summed E-state index contributed by atoms with van der Waals surface area (Å²) < 4.78 is 5.43. The van der Waals surface area contributed by atoms with Crippen molar-refractivity contribution in [2.75, 3.05) is 26.2 Å². The van der Waals surface area contributed by atoms with E-state index in [0.717, 1.165) is 44.3 Å². The van der Waals surface area contributed by atoms with Gasteiger partial charge in [-0.25, -0.2) is 0 Å². The van der Waals surface area contributed by atoms with Crippen molar-refractivity contribution in [3.05, 3.63) is 11.7 Å². The highest BCUT2D eigenvalue weighted by Crippen LogP contribution is 2.27. The SMILES string of the molecule is CCC(C)(C)c1nc(C(C)N2CCNCC2)no1. The normalized spacial score (nSPS) is 20.0. The summed E-state index contributed by atoms with van der Waals surface area (Å²) in [6.07, 6.45) is 0.997. The Bertz CT molecular complexity index is 382. The summed E-state index contributed by atoms with van der Waals surface area (Å²) in [5, 5.41) is 7.51. The van der Waals surface area contributed by atoms with Gasteiger partial charge >= 0.3 is 0 Å². The first kappa shape index (κ1) is 13.5. The summed E-state index contributed by atoms with van der Waals surface area (Å²) in [6.45, 7) is 12.7. The van der Waals surface area contributed by atoms with Crippen molar-refractivity contribution in [2.24, 2.45) is 0 Å². The maximum atomic E-state index is 5.43. The molecule has 0 radical (unpaired) electrons. The van der Waals surface area contributed by atoms with Gasteiger partial charge in [-0.3, -0.25) is 4.90 Å². The van der Waals surface area contributed by atoms with E-state index < -0.39 is 0 Å². The molecule has 1 saturated heterocycles. The molecular formula is C13H24N4O. The van der Waals surface area contributed by atoms with Crippen LogP contribution in [-0.4, -0.2) is 41.2 Å². The van der Waals surface area contributed by atoms with E-state index in [-0.39, 0.29) is 11.5 Å². The molecule has 1 aliphatic heterocycles. The zero-order chi connectivity index (χ0) is 13.2. The second kappa shape index (κ2) is 5.36. The zero-order valence-electron chi connectivity index (χ0n) is 11.9. The molecule has 102 valence electrons. The van der Waals surface area contributed by atoms with Crippen LogP contribution in [0.1, 0.15) is 51.9 Å². The van der Waals surface area contributed by atoms with Crippen molar-refractivity contribution in [3.63, 3.8) is 0 Å². The monoisotopic (exact) mass is 252 g/mol. The molecule has 0 aliphatic carbocycles. The lowest BCUT2D eigenvalue weighted by atomic mass is 9.90. The fourth-order valence-corrected chi connectivity index (χ4v) is 2.06. The third kappa shape index (κ3) is 2.72. The van der Waals surface area contributed by atoms with Gasteiger partial charge in [0.15, 0.2) is 5.82 Å². The van der Waals surface area contributed by atoms with E-state index in [2.05, 4.69) is 48.1 Å². The Morgan fingerprint density at radius 2 is 2.06 bits per heavy atom. The molecule has 1 N–H and O–H groups in total. The average molecular weight is 252 g/mol. The summed E-state index contributed by atoms with van der Waals surface area (Å²) >= 11 is 0. The van der Waals surface area contributed by atoms with Crippen LogP contribution in [0, 0.1) is 0 Å². The molecule has 1 aromatic heterocycles. The molecule has 1 fully saturated rings. The summed E-state index contributed by atoms with van der Waals surface area (Å²) in [6, 6.07) is 0.234. The lowest BCUT2D eigenvalue weighted by Crippen LogP contribution is -2.44. The highest BCUT2D eigenvalue weighted by molar-refractivity contribution is 5.02. The van der Waals surface area contributed by atoms with Crippen LogP contribution in [0.15, 0.2) is 4.52 Å². The highest BCUT2D eigenvalue weighted by Gasteiger charge is 2.28. The summed E-state index contributed by atoms with van der Waals surface area (Å²) in [4.78, 5) is 6.98. The van der Waals surface area contributed by atoms with E-state index in [1.807, 2.05) is 0 Å². The minimum absolute atomic E-state index is 0.0333. The van der Waals surface area contributed by atoms with E-state index in [0.29, 0.717) is 0 Å². The van der Waals surface area contributed by atoms with Gasteiger partial charge < -0.3 is 9.84 Å². The summed E-state index contributed by atoms with van der Waals surface area (Å²) in [7, 11) is 0. The van der Waals surface area contributed by atoms with Crippen LogP contribution in [0.5, 0.6) is 0 Å². The molecule has 0 aromatic carbocycles. The number of hydrogen-bond acceptors (Lipinski definition) is 5. The lowest BCUT2D eigenvalue weighted by molar-refractivity contribution is 0.176. The van der Waals surface area contributed by atoms with Gasteiger partial charge in [0.1, 0.15) is 0 Å². The Balaban J connectivity index is 2.09. The number of nitrogens with zero attached hydrogens (tertiary/aromatic N) is 3. The van der Waals surface area contributed by atoms with Crippen LogP contribution in [0.3, 0.4) is 0 Å². The molecule has 0 amide bonds. The Morgan fingerprint density at radius 1 is 1.39 bits per heavy atom. The van der Waals surface area contributed by atoms with E-state index in [1.54, 1.807) is 0 Å². The molecule has 0 spiro atoms.